The number of amides is 1. The number of H-pyrrole nitrogens is 1. The van der Waals surface area contributed by atoms with Gasteiger partial charge in [0.15, 0.2) is 5.69 Å². The lowest BCUT2D eigenvalue weighted by molar-refractivity contribution is -0.118. The van der Waals surface area contributed by atoms with E-state index in [9.17, 15) is 9.90 Å². The van der Waals surface area contributed by atoms with Gasteiger partial charge in [-0.2, -0.15) is 0 Å². The highest BCUT2D eigenvalue weighted by Crippen LogP contribution is 2.35. The van der Waals surface area contributed by atoms with Gasteiger partial charge in [-0.15, -0.1) is 10.2 Å². The third-order valence-electron chi connectivity index (χ3n) is 5.04. The second kappa shape index (κ2) is 8.11. The molecule has 5 rings (SSSR count). The minimum Gasteiger partial charge on any atom is -0.493 e. The number of fused-ring (bicyclic) bond motifs is 2. The summed E-state index contributed by atoms with van der Waals surface area (Å²) in [4.78, 5) is 20.2. The molecule has 0 aliphatic rings. The first-order valence-electron chi connectivity index (χ1n) is 9.66. The zero-order valence-corrected chi connectivity index (χ0v) is 18.0. The van der Waals surface area contributed by atoms with E-state index in [2.05, 4.69) is 20.2 Å². The van der Waals surface area contributed by atoms with Crippen molar-refractivity contribution >= 4 is 56.7 Å². The largest absolute Gasteiger partial charge is 0.493 e. The van der Waals surface area contributed by atoms with Gasteiger partial charge in [-0.05, 0) is 18.2 Å². The zero-order chi connectivity index (χ0) is 22.2. The van der Waals surface area contributed by atoms with Crippen LogP contribution in [0.4, 0.5) is 5.69 Å². The molecule has 0 aliphatic heterocycles. The number of aromatic amines is 1. The fourth-order valence-electron chi connectivity index (χ4n) is 3.57. The molecule has 158 valence electrons. The number of aromatic hydroxyl groups is 1. The summed E-state index contributed by atoms with van der Waals surface area (Å²) < 4.78 is 1.73. The minimum absolute atomic E-state index is 0.120. The van der Waals surface area contributed by atoms with Crippen LogP contribution in [0.3, 0.4) is 0 Å². The second-order valence-corrected chi connectivity index (χ2v) is 7.92. The number of halogens is 2. The molecule has 0 fully saturated rings. The Morgan fingerprint density at radius 2 is 1.75 bits per heavy atom. The van der Waals surface area contributed by atoms with Gasteiger partial charge in [0.25, 0.3) is 5.91 Å². The van der Waals surface area contributed by atoms with Crippen molar-refractivity contribution in [2.45, 2.75) is 6.54 Å². The molecular formula is C23H15Cl2N5O2. The number of carbonyl (C=O) groups excluding carboxylic acids is 1. The summed E-state index contributed by atoms with van der Waals surface area (Å²) in [7, 11) is 0. The van der Waals surface area contributed by atoms with Crippen molar-refractivity contribution in [3.05, 3.63) is 76.8 Å². The second-order valence-electron chi connectivity index (χ2n) is 7.10. The maximum atomic E-state index is 12.8. The van der Waals surface area contributed by atoms with E-state index < -0.39 is 5.91 Å². The SMILES string of the molecule is O=C(Cn1c(-c2ccccc2)nc2cc(Cl)c(Cl)cc21)N=Nc1c(O)[nH]c2ccccc12. The van der Waals surface area contributed by atoms with Gasteiger partial charge in [0.1, 0.15) is 12.4 Å². The maximum Gasteiger partial charge on any atom is 0.284 e. The molecule has 7 nitrogen and oxygen atoms in total. The molecule has 0 unspecified atom stereocenters. The van der Waals surface area contributed by atoms with Gasteiger partial charge in [-0.1, -0.05) is 71.7 Å². The van der Waals surface area contributed by atoms with Crippen molar-refractivity contribution in [3.8, 4) is 17.3 Å². The predicted octanol–water partition coefficient (Wildman–Crippen LogP) is 6.51. The Morgan fingerprint density at radius 3 is 2.56 bits per heavy atom. The average molecular weight is 464 g/mol. The highest BCUT2D eigenvalue weighted by molar-refractivity contribution is 6.42. The van der Waals surface area contributed by atoms with Gasteiger partial charge in [0.2, 0.25) is 5.88 Å². The van der Waals surface area contributed by atoms with Gasteiger partial charge in [-0.3, -0.25) is 4.79 Å². The fraction of sp³-hybridized carbons (Fsp3) is 0.0435. The van der Waals surface area contributed by atoms with Crippen LogP contribution in [0.5, 0.6) is 5.88 Å². The molecule has 0 bridgehead atoms. The van der Waals surface area contributed by atoms with E-state index in [4.69, 9.17) is 23.2 Å². The van der Waals surface area contributed by atoms with Crippen LogP contribution in [0.2, 0.25) is 10.0 Å². The molecule has 0 saturated carbocycles. The standard InChI is InChI=1S/C23H15Cl2N5O2/c24-15-10-18-19(11-16(15)25)30(22(26-18)13-6-2-1-3-7-13)12-20(31)28-29-21-14-8-4-5-9-17(14)27-23(21)32/h1-11,27,32H,12H2. The number of hydrogen-bond acceptors (Lipinski definition) is 4. The number of nitrogens with one attached hydrogen (secondary N) is 1. The van der Waals surface area contributed by atoms with Gasteiger partial charge < -0.3 is 14.7 Å². The van der Waals surface area contributed by atoms with Gasteiger partial charge in [0, 0.05) is 10.9 Å². The van der Waals surface area contributed by atoms with Crippen LogP contribution in [0.15, 0.2) is 77.0 Å². The van der Waals surface area contributed by atoms with E-state index in [-0.39, 0.29) is 18.1 Å². The van der Waals surface area contributed by atoms with Crippen molar-refractivity contribution in [2.24, 2.45) is 10.2 Å². The highest BCUT2D eigenvalue weighted by Gasteiger charge is 2.17. The molecule has 0 saturated heterocycles. The molecule has 32 heavy (non-hydrogen) atoms. The summed E-state index contributed by atoms with van der Waals surface area (Å²) in [5.74, 6) is -0.0862. The lowest BCUT2D eigenvalue weighted by atomic mass is 10.2. The quantitative estimate of drug-likeness (QED) is 0.297. The Labute approximate surface area is 191 Å². The third kappa shape index (κ3) is 3.62. The summed E-state index contributed by atoms with van der Waals surface area (Å²) in [6.45, 7) is -0.120. The van der Waals surface area contributed by atoms with Gasteiger partial charge in [-0.25, -0.2) is 4.98 Å². The van der Waals surface area contributed by atoms with Crippen LogP contribution in [0, 0.1) is 0 Å². The van der Waals surface area contributed by atoms with E-state index in [1.807, 2.05) is 42.5 Å². The van der Waals surface area contributed by atoms with Crippen LogP contribution in [-0.2, 0) is 11.3 Å². The first kappa shape index (κ1) is 20.2. The van der Waals surface area contributed by atoms with E-state index in [1.165, 1.54) is 0 Å². The highest BCUT2D eigenvalue weighted by atomic mass is 35.5. The topological polar surface area (TPSA) is 95.6 Å². The van der Waals surface area contributed by atoms with Crippen molar-refractivity contribution < 1.29 is 9.90 Å². The fourth-order valence-corrected chi connectivity index (χ4v) is 3.89. The number of benzene rings is 3. The molecule has 9 heteroatoms. The van der Waals surface area contributed by atoms with E-state index in [0.29, 0.717) is 37.8 Å². The Bertz CT molecular complexity index is 1510. The van der Waals surface area contributed by atoms with Crippen LogP contribution >= 0.6 is 23.2 Å². The molecule has 0 aliphatic carbocycles. The minimum atomic E-state index is -0.516. The summed E-state index contributed by atoms with van der Waals surface area (Å²) >= 11 is 12.4. The monoisotopic (exact) mass is 463 g/mol. The van der Waals surface area contributed by atoms with E-state index >= 15 is 0 Å². The van der Waals surface area contributed by atoms with Gasteiger partial charge >= 0.3 is 0 Å². The number of carbonyl (C=O) groups is 1. The summed E-state index contributed by atoms with van der Waals surface area (Å²) in [6, 6.07) is 20.0. The number of aromatic nitrogens is 3. The smallest absolute Gasteiger partial charge is 0.284 e. The molecule has 0 radical (unpaired) electrons. The summed E-state index contributed by atoms with van der Waals surface area (Å²) in [5.41, 5.74) is 3.00. The molecule has 0 spiro atoms. The molecule has 3 aromatic carbocycles. The summed E-state index contributed by atoms with van der Waals surface area (Å²) in [6.07, 6.45) is 0. The number of imidazole rings is 1. The van der Waals surface area contributed by atoms with Crippen molar-refractivity contribution in [2.75, 3.05) is 0 Å². The first-order chi connectivity index (χ1) is 15.5. The Morgan fingerprint density at radius 1 is 1.03 bits per heavy atom. The maximum absolute atomic E-state index is 12.8. The normalized spacial score (nSPS) is 11.7. The first-order valence-corrected chi connectivity index (χ1v) is 10.4. The Hall–Kier alpha value is -3.68. The number of rotatable bonds is 4. The summed E-state index contributed by atoms with van der Waals surface area (Å²) in [5, 5.41) is 19.4. The van der Waals surface area contributed by atoms with E-state index in [0.717, 1.165) is 5.56 Å². The number of azo groups is 1. The van der Waals surface area contributed by atoms with Crippen molar-refractivity contribution in [3.63, 3.8) is 0 Å². The number of para-hydroxylation sites is 1. The lowest BCUT2D eigenvalue weighted by Crippen LogP contribution is -2.08. The molecule has 5 aromatic rings. The molecular weight excluding hydrogens is 449 g/mol. The lowest BCUT2D eigenvalue weighted by Gasteiger charge is -2.07. The molecule has 1 amide bonds. The van der Waals surface area contributed by atoms with Crippen LogP contribution in [0.25, 0.3) is 33.3 Å². The van der Waals surface area contributed by atoms with Crippen LogP contribution in [-0.4, -0.2) is 25.5 Å². The van der Waals surface area contributed by atoms with Gasteiger partial charge in [0.05, 0.1) is 26.6 Å². The number of nitrogens with zero attached hydrogens (tertiary/aromatic N) is 4. The molecule has 2 heterocycles. The number of hydrogen-bond donors (Lipinski definition) is 2. The third-order valence-corrected chi connectivity index (χ3v) is 5.76. The van der Waals surface area contributed by atoms with E-state index in [1.54, 1.807) is 28.8 Å². The zero-order valence-electron chi connectivity index (χ0n) is 16.5. The van der Waals surface area contributed by atoms with Crippen LogP contribution < -0.4 is 0 Å². The van der Waals surface area contributed by atoms with Crippen molar-refractivity contribution in [1.29, 1.82) is 0 Å². The molecule has 2 N–H and O–H groups in total. The predicted molar refractivity (Wildman–Crippen MR) is 125 cm³/mol. The van der Waals surface area contributed by atoms with Crippen LogP contribution in [0.1, 0.15) is 0 Å². The molecule has 2 aromatic heterocycles. The molecule has 0 atom stereocenters. The van der Waals surface area contributed by atoms with Crippen molar-refractivity contribution in [1.82, 2.24) is 14.5 Å². The Balaban J connectivity index is 1.54. The Kier molecular flexibility index (Phi) is 5.13. The average Bonchev–Trinajstić information content (AvgIpc) is 3.30.